The zero-order valence-electron chi connectivity index (χ0n) is 20.2. The van der Waals surface area contributed by atoms with Gasteiger partial charge in [0.15, 0.2) is 6.10 Å². The Balaban J connectivity index is 0. The lowest BCUT2D eigenvalue weighted by Gasteiger charge is -2.17. The smallest absolute Gasteiger partial charge is 0.333 e. The molecule has 0 spiro atoms. The fourth-order valence-corrected chi connectivity index (χ4v) is 2.34. The van der Waals surface area contributed by atoms with Gasteiger partial charge in [-0.15, -0.1) is 18.9 Å². The average Bonchev–Trinajstić information content (AvgIpc) is 2.72. The average molecular weight is 444 g/mol. The van der Waals surface area contributed by atoms with Gasteiger partial charge in [0.05, 0.1) is 6.10 Å². The summed E-state index contributed by atoms with van der Waals surface area (Å²) in [6.07, 6.45) is 5.80. The Morgan fingerprint density at radius 3 is 2.12 bits per heavy atom. The maximum absolute atomic E-state index is 12.1. The number of carboxylic acid groups (broad SMARTS) is 1. The number of ether oxygens (including phenoxy) is 1. The van der Waals surface area contributed by atoms with Gasteiger partial charge in [0.2, 0.25) is 0 Å². The van der Waals surface area contributed by atoms with Gasteiger partial charge in [0, 0.05) is 13.0 Å². The minimum Gasteiger partial charge on any atom is -0.479 e. The van der Waals surface area contributed by atoms with Crippen molar-refractivity contribution in [3.05, 3.63) is 83.2 Å². The first-order valence-electron chi connectivity index (χ1n) is 10.4. The van der Waals surface area contributed by atoms with Gasteiger partial charge in [-0.3, -0.25) is 0 Å². The molecule has 0 heterocycles. The highest BCUT2D eigenvalue weighted by molar-refractivity contribution is 5.72. The summed E-state index contributed by atoms with van der Waals surface area (Å²) in [6.45, 7) is 14.9. The van der Waals surface area contributed by atoms with E-state index in [-0.39, 0.29) is 11.9 Å². The Kier molecular flexibility index (Phi) is 18.4. The molecule has 2 aromatic carbocycles. The van der Waals surface area contributed by atoms with Crippen molar-refractivity contribution in [3.63, 3.8) is 0 Å². The maximum Gasteiger partial charge on any atom is 0.333 e. The van der Waals surface area contributed by atoms with E-state index in [4.69, 9.17) is 15.6 Å². The van der Waals surface area contributed by atoms with E-state index >= 15 is 0 Å². The van der Waals surface area contributed by atoms with Crippen molar-refractivity contribution in [1.29, 1.82) is 0 Å². The van der Waals surface area contributed by atoms with Crippen LogP contribution in [0.1, 0.15) is 49.9 Å². The third-order valence-electron chi connectivity index (χ3n) is 3.78. The van der Waals surface area contributed by atoms with Crippen LogP contribution >= 0.6 is 0 Å². The molecular weight excluding hydrogens is 405 g/mol. The quantitative estimate of drug-likeness (QED) is 0.434. The van der Waals surface area contributed by atoms with Crippen molar-refractivity contribution in [1.82, 2.24) is 0 Å². The molecule has 0 aliphatic rings. The van der Waals surface area contributed by atoms with Gasteiger partial charge in [-0.1, -0.05) is 42.0 Å². The van der Waals surface area contributed by atoms with Gasteiger partial charge < -0.3 is 15.6 Å². The molecule has 0 aromatic heterocycles. The third-order valence-corrected chi connectivity index (χ3v) is 3.78. The van der Waals surface area contributed by atoms with Crippen LogP contribution in [0.2, 0.25) is 0 Å². The second kappa shape index (κ2) is 18.8. The van der Waals surface area contributed by atoms with E-state index in [1.165, 1.54) is 12.1 Å². The van der Waals surface area contributed by atoms with Gasteiger partial charge >= 0.3 is 5.97 Å². The summed E-state index contributed by atoms with van der Waals surface area (Å²) in [6, 6.07) is 12.2. The van der Waals surface area contributed by atoms with Crippen molar-refractivity contribution >= 4 is 5.97 Å². The number of allylic oxidation sites excluding steroid dienone is 1. The van der Waals surface area contributed by atoms with E-state index in [0.29, 0.717) is 13.0 Å². The molecule has 0 saturated heterocycles. The van der Waals surface area contributed by atoms with Crippen molar-refractivity contribution < 1.29 is 19.0 Å². The van der Waals surface area contributed by atoms with Crippen LogP contribution in [0, 0.1) is 32.0 Å². The Bertz CT molecular complexity index is 803. The molecule has 0 bridgehead atoms. The second-order valence-corrected chi connectivity index (χ2v) is 7.17. The van der Waals surface area contributed by atoms with Crippen LogP contribution in [0.5, 0.6) is 0 Å². The van der Waals surface area contributed by atoms with Crippen molar-refractivity contribution in [2.45, 2.75) is 66.7 Å². The van der Waals surface area contributed by atoms with E-state index in [1.54, 1.807) is 25.1 Å². The monoisotopic (exact) mass is 443 g/mol. The molecule has 0 amide bonds. The second-order valence-electron chi connectivity index (χ2n) is 7.17. The molecule has 2 aromatic rings. The molecular formula is C27H38FNO3. The summed E-state index contributed by atoms with van der Waals surface area (Å²) in [5.74, 6) is 1.15. The number of aliphatic carboxylic acids is 1. The van der Waals surface area contributed by atoms with Gasteiger partial charge in [-0.2, -0.15) is 0 Å². The largest absolute Gasteiger partial charge is 0.479 e. The number of halogens is 1. The Morgan fingerprint density at radius 1 is 1.25 bits per heavy atom. The topological polar surface area (TPSA) is 72.5 Å². The van der Waals surface area contributed by atoms with E-state index in [0.717, 1.165) is 22.3 Å². The molecule has 0 aliphatic heterocycles. The first kappa shape index (κ1) is 31.2. The number of benzene rings is 2. The van der Waals surface area contributed by atoms with E-state index < -0.39 is 12.1 Å². The van der Waals surface area contributed by atoms with Gasteiger partial charge in [0.25, 0.3) is 0 Å². The standard InChI is InChI=1S/C14H21NO3.C7H7F.C3H6.C3H4/c1-9(2)18-13(14(16)17)7-11-5-4-10(3)12(6-11)8-15;1-6-2-4-7(8)5-3-6;2*1-3-2/h4-6,9,13H,7-8,15H2,1-3H3,(H,16,17);2-5H,1H3;3H,1H2,2H3;1H,2H3. The number of hydrogen-bond acceptors (Lipinski definition) is 3. The maximum atomic E-state index is 12.1. The van der Waals surface area contributed by atoms with Crippen molar-refractivity contribution in [3.8, 4) is 12.3 Å². The molecule has 2 rings (SSSR count). The molecule has 1 atom stereocenters. The first-order chi connectivity index (χ1) is 15.1. The Morgan fingerprint density at radius 2 is 1.75 bits per heavy atom. The summed E-state index contributed by atoms with van der Waals surface area (Å²) >= 11 is 0. The van der Waals surface area contributed by atoms with Crippen LogP contribution in [-0.2, 0) is 22.5 Å². The van der Waals surface area contributed by atoms with Crippen LogP contribution in [0.25, 0.3) is 0 Å². The zero-order valence-corrected chi connectivity index (χ0v) is 20.2. The summed E-state index contributed by atoms with van der Waals surface area (Å²) in [4.78, 5) is 11.1. The number of hydrogen-bond donors (Lipinski definition) is 2. The van der Waals surface area contributed by atoms with Crippen LogP contribution in [-0.4, -0.2) is 23.3 Å². The van der Waals surface area contributed by atoms with Crippen LogP contribution in [0.15, 0.2) is 55.1 Å². The summed E-state index contributed by atoms with van der Waals surface area (Å²) in [7, 11) is 0. The van der Waals surface area contributed by atoms with Crippen molar-refractivity contribution in [2.75, 3.05) is 0 Å². The third kappa shape index (κ3) is 15.8. The van der Waals surface area contributed by atoms with Gasteiger partial charge in [-0.25, -0.2) is 9.18 Å². The molecule has 176 valence electrons. The van der Waals surface area contributed by atoms with E-state index in [1.807, 2.05) is 52.8 Å². The number of rotatable bonds is 6. The molecule has 3 N–H and O–H groups in total. The Labute approximate surface area is 193 Å². The summed E-state index contributed by atoms with van der Waals surface area (Å²) in [5, 5.41) is 9.11. The highest BCUT2D eigenvalue weighted by Gasteiger charge is 2.20. The first-order valence-corrected chi connectivity index (χ1v) is 10.4. The highest BCUT2D eigenvalue weighted by Crippen LogP contribution is 2.14. The molecule has 0 fully saturated rings. The molecule has 0 radical (unpaired) electrons. The highest BCUT2D eigenvalue weighted by atomic mass is 19.1. The SMILES string of the molecule is C#CC.C=CC.Cc1ccc(CC(OC(C)C)C(=O)O)cc1CN.Cc1ccc(F)cc1. The van der Waals surface area contributed by atoms with E-state index in [9.17, 15) is 9.18 Å². The fourth-order valence-electron chi connectivity index (χ4n) is 2.34. The number of carbonyl (C=O) groups is 1. The fraction of sp³-hybridized carbons (Fsp3) is 0.370. The van der Waals surface area contributed by atoms with Crippen LogP contribution in [0.3, 0.4) is 0 Å². The number of terminal acetylenes is 1. The predicted molar refractivity (Wildman–Crippen MR) is 132 cm³/mol. The normalized spacial score (nSPS) is 10.1. The number of carboxylic acids is 1. The lowest BCUT2D eigenvalue weighted by Crippen LogP contribution is -2.29. The van der Waals surface area contributed by atoms with Crippen LogP contribution in [0.4, 0.5) is 4.39 Å². The summed E-state index contributed by atoms with van der Waals surface area (Å²) in [5.41, 5.74) is 9.84. The molecule has 4 nitrogen and oxygen atoms in total. The summed E-state index contributed by atoms with van der Waals surface area (Å²) < 4.78 is 17.5. The van der Waals surface area contributed by atoms with Gasteiger partial charge in [-0.05, 0) is 70.4 Å². The number of aryl methyl sites for hydroxylation is 2. The minimum atomic E-state index is -0.932. The molecule has 32 heavy (non-hydrogen) atoms. The van der Waals surface area contributed by atoms with E-state index in [2.05, 4.69) is 18.9 Å². The minimum absolute atomic E-state index is 0.106. The lowest BCUT2D eigenvalue weighted by atomic mass is 10.0. The molecule has 0 aliphatic carbocycles. The molecule has 0 saturated carbocycles. The number of nitrogens with two attached hydrogens (primary N) is 1. The van der Waals surface area contributed by atoms with Gasteiger partial charge in [0.1, 0.15) is 5.82 Å². The van der Waals surface area contributed by atoms with Crippen molar-refractivity contribution in [2.24, 2.45) is 5.73 Å². The lowest BCUT2D eigenvalue weighted by molar-refractivity contribution is -0.153. The zero-order chi connectivity index (χ0) is 25.1. The Hall–Kier alpha value is -2.94. The molecule has 1 unspecified atom stereocenters. The molecule has 5 heteroatoms. The van der Waals surface area contributed by atoms with Crippen LogP contribution < -0.4 is 5.73 Å². The predicted octanol–water partition coefficient (Wildman–Crippen LogP) is 5.84.